The van der Waals surface area contributed by atoms with Crippen LogP contribution in [0.4, 0.5) is 9.18 Å². The van der Waals surface area contributed by atoms with Crippen molar-refractivity contribution in [1.82, 2.24) is 4.90 Å². The van der Waals surface area contributed by atoms with Crippen LogP contribution in [0.1, 0.15) is 23.6 Å². The lowest BCUT2D eigenvalue weighted by Crippen LogP contribution is -2.27. The van der Waals surface area contributed by atoms with E-state index in [2.05, 4.69) is 15.9 Å². The Morgan fingerprint density at radius 1 is 1.06 bits per heavy atom. The zero-order valence-electron chi connectivity index (χ0n) is 18.9. The third-order valence-electron chi connectivity index (χ3n) is 5.18. The van der Waals surface area contributed by atoms with Crippen LogP contribution >= 0.6 is 50.9 Å². The number of rotatable bonds is 8. The molecule has 0 atom stereocenters. The van der Waals surface area contributed by atoms with Gasteiger partial charge < -0.3 is 9.47 Å². The van der Waals surface area contributed by atoms with Crippen LogP contribution in [0.3, 0.4) is 0 Å². The summed E-state index contributed by atoms with van der Waals surface area (Å²) in [6.07, 6.45) is 1.62. The highest BCUT2D eigenvalue weighted by Crippen LogP contribution is 2.40. The topological polar surface area (TPSA) is 55.8 Å². The molecule has 2 amide bonds. The Morgan fingerprint density at radius 3 is 2.42 bits per heavy atom. The minimum absolute atomic E-state index is 0.0232. The molecule has 0 N–H and O–H groups in total. The summed E-state index contributed by atoms with van der Waals surface area (Å²) in [5.74, 6) is 0.174. The van der Waals surface area contributed by atoms with Gasteiger partial charge in [-0.3, -0.25) is 14.5 Å². The van der Waals surface area contributed by atoms with Crippen molar-refractivity contribution in [2.75, 3.05) is 6.61 Å². The maximum absolute atomic E-state index is 13.2. The molecule has 3 aromatic carbocycles. The third-order valence-corrected chi connectivity index (χ3v) is 7.38. The molecule has 1 saturated heterocycles. The van der Waals surface area contributed by atoms with Gasteiger partial charge in [0.05, 0.1) is 22.5 Å². The summed E-state index contributed by atoms with van der Waals surface area (Å²) in [5, 5.41) is 0.352. The van der Waals surface area contributed by atoms with E-state index in [1.165, 1.54) is 12.1 Å². The predicted molar refractivity (Wildman–Crippen MR) is 144 cm³/mol. The van der Waals surface area contributed by atoms with Gasteiger partial charge in [-0.2, -0.15) is 0 Å². The quantitative estimate of drug-likeness (QED) is 0.241. The van der Waals surface area contributed by atoms with Gasteiger partial charge in [0.25, 0.3) is 11.1 Å². The molecule has 0 spiro atoms. The van der Waals surface area contributed by atoms with Gasteiger partial charge in [0.2, 0.25) is 0 Å². The number of hydrogen-bond donors (Lipinski definition) is 0. The molecule has 1 aliphatic heterocycles. The maximum Gasteiger partial charge on any atom is 0.293 e. The van der Waals surface area contributed by atoms with Crippen molar-refractivity contribution in [3.05, 3.63) is 96.5 Å². The molecular formula is C26H19BrCl2FNO4S. The van der Waals surface area contributed by atoms with Crippen LogP contribution in [-0.2, 0) is 17.9 Å². The van der Waals surface area contributed by atoms with Gasteiger partial charge >= 0.3 is 0 Å². The zero-order chi connectivity index (χ0) is 25.8. The first kappa shape index (κ1) is 26.5. The van der Waals surface area contributed by atoms with Gasteiger partial charge in [-0.25, -0.2) is 4.39 Å². The molecule has 0 aromatic heterocycles. The molecule has 1 aliphatic rings. The van der Waals surface area contributed by atoms with Crippen molar-refractivity contribution < 1.29 is 23.5 Å². The highest BCUT2D eigenvalue weighted by molar-refractivity contribution is 9.10. The Labute approximate surface area is 230 Å². The number of benzene rings is 3. The van der Waals surface area contributed by atoms with E-state index in [9.17, 15) is 14.0 Å². The molecule has 1 fully saturated rings. The number of imide groups is 1. The molecule has 1 heterocycles. The Hall–Kier alpha value is -2.52. The van der Waals surface area contributed by atoms with Crippen LogP contribution in [0, 0.1) is 5.82 Å². The Balaban J connectivity index is 1.56. The van der Waals surface area contributed by atoms with Gasteiger partial charge in [0.15, 0.2) is 11.5 Å². The second kappa shape index (κ2) is 11.7. The van der Waals surface area contributed by atoms with E-state index in [0.29, 0.717) is 43.8 Å². The smallest absolute Gasteiger partial charge is 0.293 e. The highest BCUT2D eigenvalue weighted by atomic mass is 79.9. The summed E-state index contributed by atoms with van der Waals surface area (Å²) in [5.41, 5.74) is 1.94. The van der Waals surface area contributed by atoms with Crippen molar-refractivity contribution in [3.8, 4) is 11.5 Å². The Kier molecular flexibility index (Phi) is 8.62. The SMILES string of the molecule is CCOc1cc(/C=C2\SC(=O)N(Cc3c(Cl)cccc3Cl)C2=O)cc(Br)c1OCc1ccc(F)cc1. The summed E-state index contributed by atoms with van der Waals surface area (Å²) in [6.45, 7) is 2.42. The molecule has 0 radical (unpaired) electrons. The van der Waals surface area contributed by atoms with E-state index in [-0.39, 0.29) is 23.9 Å². The standard InChI is InChI=1S/C26H19BrCl2FNO4S/c1-2-34-22-11-16(10-19(27)24(22)35-14-15-6-8-17(30)9-7-15)12-23-25(32)31(26(33)36-23)13-18-20(28)4-3-5-21(18)29/h3-12H,2,13-14H2,1H3/b23-12-. The number of hydrogen-bond acceptors (Lipinski definition) is 5. The van der Waals surface area contributed by atoms with Crippen LogP contribution in [0.2, 0.25) is 10.0 Å². The molecule has 36 heavy (non-hydrogen) atoms. The summed E-state index contributed by atoms with van der Waals surface area (Å²) in [4.78, 5) is 27.0. The number of carbonyl (C=O) groups is 2. The second-order valence-electron chi connectivity index (χ2n) is 7.65. The molecule has 10 heteroatoms. The Morgan fingerprint density at radius 2 is 1.75 bits per heavy atom. The number of thioether (sulfide) groups is 1. The molecular weight excluding hydrogens is 592 g/mol. The molecule has 0 bridgehead atoms. The van der Waals surface area contributed by atoms with Crippen LogP contribution in [-0.4, -0.2) is 22.7 Å². The van der Waals surface area contributed by atoms with Gasteiger partial charge in [-0.15, -0.1) is 0 Å². The van der Waals surface area contributed by atoms with E-state index in [1.807, 2.05) is 6.92 Å². The van der Waals surface area contributed by atoms with Crippen LogP contribution in [0.5, 0.6) is 11.5 Å². The summed E-state index contributed by atoms with van der Waals surface area (Å²) in [7, 11) is 0. The number of halogens is 4. The van der Waals surface area contributed by atoms with Gasteiger partial charge in [0.1, 0.15) is 12.4 Å². The highest BCUT2D eigenvalue weighted by Gasteiger charge is 2.35. The minimum Gasteiger partial charge on any atom is -0.490 e. The first-order valence-electron chi connectivity index (χ1n) is 10.8. The molecule has 5 nitrogen and oxygen atoms in total. The van der Waals surface area contributed by atoms with E-state index in [4.69, 9.17) is 32.7 Å². The summed E-state index contributed by atoms with van der Waals surface area (Å²) in [6, 6.07) is 14.5. The van der Waals surface area contributed by atoms with Crippen molar-refractivity contribution in [3.63, 3.8) is 0 Å². The van der Waals surface area contributed by atoms with Crippen LogP contribution in [0.25, 0.3) is 6.08 Å². The second-order valence-corrected chi connectivity index (χ2v) is 10.3. The summed E-state index contributed by atoms with van der Waals surface area (Å²) < 4.78 is 25.5. The lowest BCUT2D eigenvalue weighted by molar-refractivity contribution is -0.123. The molecule has 0 unspecified atom stereocenters. The first-order valence-corrected chi connectivity index (χ1v) is 13.1. The van der Waals surface area contributed by atoms with E-state index >= 15 is 0 Å². The molecule has 4 rings (SSSR count). The average Bonchev–Trinajstić information content (AvgIpc) is 3.09. The lowest BCUT2D eigenvalue weighted by Gasteiger charge is -2.15. The number of ether oxygens (including phenoxy) is 2. The van der Waals surface area contributed by atoms with Crippen molar-refractivity contribution in [2.45, 2.75) is 20.1 Å². The number of nitrogens with zero attached hydrogens (tertiary/aromatic N) is 1. The van der Waals surface area contributed by atoms with Crippen molar-refractivity contribution in [1.29, 1.82) is 0 Å². The minimum atomic E-state index is -0.438. The third kappa shape index (κ3) is 6.06. The van der Waals surface area contributed by atoms with Crippen molar-refractivity contribution in [2.24, 2.45) is 0 Å². The number of amides is 2. The fourth-order valence-electron chi connectivity index (χ4n) is 3.44. The maximum atomic E-state index is 13.2. The molecule has 186 valence electrons. The van der Waals surface area contributed by atoms with Crippen LogP contribution in [0.15, 0.2) is 64.0 Å². The Bertz CT molecular complexity index is 1330. The van der Waals surface area contributed by atoms with Crippen LogP contribution < -0.4 is 9.47 Å². The van der Waals surface area contributed by atoms with E-state index in [1.54, 1.807) is 48.5 Å². The van der Waals surface area contributed by atoms with Gasteiger partial charge in [-0.05, 0) is 88.2 Å². The zero-order valence-corrected chi connectivity index (χ0v) is 22.8. The normalized spacial score (nSPS) is 14.6. The van der Waals surface area contributed by atoms with Crippen molar-refractivity contribution >= 4 is 68.1 Å². The molecule has 0 saturated carbocycles. The predicted octanol–water partition coefficient (Wildman–Crippen LogP) is 8.11. The fraction of sp³-hybridized carbons (Fsp3) is 0.154. The summed E-state index contributed by atoms with van der Waals surface area (Å²) >= 11 is 16.8. The lowest BCUT2D eigenvalue weighted by atomic mass is 10.1. The monoisotopic (exact) mass is 609 g/mol. The largest absolute Gasteiger partial charge is 0.490 e. The van der Waals surface area contributed by atoms with E-state index in [0.717, 1.165) is 22.2 Å². The average molecular weight is 611 g/mol. The van der Waals surface area contributed by atoms with Gasteiger partial charge in [0, 0.05) is 15.6 Å². The molecule has 0 aliphatic carbocycles. The molecule has 3 aromatic rings. The van der Waals surface area contributed by atoms with Gasteiger partial charge in [-0.1, -0.05) is 41.4 Å². The number of carbonyl (C=O) groups excluding carboxylic acids is 2. The first-order chi connectivity index (χ1) is 17.3. The fourth-order valence-corrected chi connectivity index (χ4v) is 5.37. The van der Waals surface area contributed by atoms with E-state index < -0.39 is 11.1 Å².